The van der Waals surface area contributed by atoms with E-state index in [0.717, 1.165) is 6.07 Å². The van der Waals surface area contributed by atoms with E-state index in [2.05, 4.69) is 0 Å². The molecule has 3 N–H and O–H groups in total. The average molecular weight is 295 g/mol. The van der Waals surface area contributed by atoms with Gasteiger partial charge in [-0.15, -0.1) is 0 Å². The lowest BCUT2D eigenvalue weighted by molar-refractivity contribution is -0.140. The molecule has 1 aromatic carbocycles. The Morgan fingerprint density at radius 2 is 1.52 bits per heavy atom. The van der Waals surface area contributed by atoms with E-state index in [1.807, 2.05) is 0 Å². The second-order valence-electron chi connectivity index (χ2n) is 4.66. The average Bonchev–Trinajstić information content (AvgIpc) is 2.43. The van der Waals surface area contributed by atoms with Crippen LogP contribution in [0.2, 0.25) is 0 Å². The highest BCUT2D eigenvalue weighted by Crippen LogP contribution is 2.21. The van der Waals surface area contributed by atoms with Crippen molar-refractivity contribution in [2.24, 2.45) is 5.92 Å². The normalized spacial score (nSPS) is 11.7. The largest absolute Gasteiger partial charge is 0.481 e. The summed E-state index contributed by atoms with van der Waals surface area (Å²) in [5.41, 5.74) is 0.0838. The molecule has 0 saturated heterocycles. The molecular formula is C14H17NO6. The molecule has 0 heterocycles. The number of carbonyl (C=O) groups is 3. The lowest BCUT2D eigenvalue weighted by atomic mass is 10.1. The van der Waals surface area contributed by atoms with Gasteiger partial charge in [-0.2, -0.15) is 0 Å². The first-order valence-electron chi connectivity index (χ1n) is 6.35. The van der Waals surface area contributed by atoms with Gasteiger partial charge in [-0.25, -0.2) is 9.59 Å². The first kappa shape index (κ1) is 16.5. The van der Waals surface area contributed by atoms with Crippen LogP contribution in [0.1, 0.15) is 34.6 Å². The van der Waals surface area contributed by atoms with Gasteiger partial charge >= 0.3 is 17.9 Å². The van der Waals surface area contributed by atoms with Crippen LogP contribution >= 0.6 is 0 Å². The molecule has 0 aliphatic rings. The molecule has 0 spiro atoms. The standard InChI is InChI=1S/C14H17NO6/c1-3-15(7-8(2)12(16)17)11-5-9(13(18)19)4-10(6-11)14(20)21/h4-6,8H,3,7H2,1-2H3,(H,16,17)(H,18,19)(H,20,21). The highest BCUT2D eigenvalue weighted by Gasteiger charge is 2.18. The predicted molar refractivity (Wildman–Crippen MR) is 75.0 cm³/mol. The Kier molecular flexibility index (Phi) is 5.29. The van der Waals surface area contributed by atoms with Crippen LogP contribution in [0, 0.1) is 5.92 Å². The van der Waals surface area contributed by atoms with Crippen molar-refractivity contribution in [1.29, 1.82) is 0 Å². The fraction of sp³-hybridized carbons (Fsp3) is 0.357. The number of carboxylic acids is 3. The van der Waals surface area contributed by atoms with Crippen LogP contribution in [0.3, 0.4) is 0 Å². The zero-order valence-corrected chi connectivity index (χ0v) is 11.7. The lowest BCUT2D eigenvalue weighted by Gasteiger charge is -2.25. The molecule has 0 amide bonds. The summed E-state index contributed by atoms with van der Waals surface area (Å²) < 4.78 is 0. The molecule has 0 bridgehead atoms. The van der Waals surface area contributed by atoms with Crippen molar-refractivity contribution in [3.05, 3.63) is 29.3 Å². The number of hydrogen-bond acceptors (Lipinski definition) is 4. The highest BCUT2D eigenvalue weighted by molar-refractivity contribution is 5.95. The topological polar surface area (TPSA) is 115 Å². The Labute approximate surface area is 121 Å². The van der Waals surface area contributed by atoms with Crippen LogP contribution in [0.5, 0.6) is 0 Å². The monoisotopic (exact) mass is 295 g/mol. The van der Waals surface area contributed by atoms with Gasteiger partial charge in [0, 0.05) is 18.8 Å². The fourth-order valence-electron chi connectivity index (χ4n) is 1.87. The van der Waals surface area contributed by atoms with Gasteiger partial charge in [0.2, 0.25) is 0 Å². The number of carboxylic acid groups (broad SMARTS) is 3. The third-order valence-electron chi connectivity index (χ3n) is 3.07. The van der Waals surface area contributed by atoms with Crippen LogP contribution < -0.4 is 4.90 Å². The fourth-order valence-corrected chi connectivity index (χ4v) is 1.87. The second-order valence-corrected chi connectivity index (χ2v) is 4.66. The summed E-state index contributed by atoms with van der Waals surface area (Å²) in [5.74, 6) is -4.10. The van der Waals surface area contributed by atoms with Gasteiger partial charge in [-0.3, -0.25) is 4.79 Å². The molecule has 0 radical (unpaired) electrons. The van der Waals surface area contributed by atoms with E-state index in [0.29, 0.717) is 12.2 Å². The van der Waals surface area contributed by atoms with Crippen LogP contribution in [0.15, 0.2) is 18.2 Å². The Hall–Kier alpha value is -2.57. The molecular weight excluding hydrogens is 278 g/mol. The first-order chi connectivity index (χ1) is 9.76. The van der Waals surface area contributed by atoms with E-state index in [1.165, 1.54) is 19.1 Å². The lowest BCUT2D eigenvalue weighted by Crippen LogP contribution is -2.32. The molecule has 1 rings (SSSR count). The molecule has 0 aliphatic heterocycles. The quantitative estimate of drug-likeness (QED) is 0.700. The molecule has 0 aliphatic carbocycles. The van der Waals surface area contributed by atoms with E-state index in [1.54, 1.807) is 11.8 Å². The number of benzene rings is 1. The van der Waals surface area contributed by atoms with Crippen LogP contribution in [-0.2, 0) is 4.79 Å². The molecule has 21 heavy (non-hydrogen) atoms. The molecule has 0 fully saturated rings. The van der Waals surface area contributed by atoms with Crippen molar-refractivity contribution in [2.45, 2.75) is 13.8 Å². The smallest absolute Gasteiger partial charge is 0.335 e. The second kappa shape index (κ2) is 6.74. The maximum Gasteiger partial charge on any atom is 0.335 e. The van der Waals surface area contributed by atoms with Gasteiger partial charge in [-0.1, -0.05) is 6.92 Å². The molecule has 1 unspecified atom stereocenters. The van der Waals surface area contributed by atoms with E-state index in [-0.39, 0.29) is 17.7 Å². The van der Waals surface area contributed by atoms with Gasteiger partial charge in [0.15, 0.2) is 0 Å². The summed E-state index contributed by atoms with van der Waals surface area (Å²) in [7, 11) is 0. The summed E-state index contributed by atoms with van der Waals surface area (Å²) in [6, 6.07) is 3.75. The Bertz CT molecular complexity index is 536. The minimum atomic E-state index is -1.23. The summed E-state index contributed by atoms with van der Waals surface area (Å²) in [4.78, 5) is 34.7. The Morgan fingerprint density at radius 1 is 1.05 bits per heavy atom. The molecule has 7 heteroatoms. The van der Waals surface area contributed by atoms with Crippen molar-refractivity contribution in [2.75, 3.05) is 18.0 Å². The maximum atomic E-state index is 11.1. The maximum absolute atomic E-state index is 11.1. The summed E-state index contributed by atoms with van der Waals surface area (Å²) >= 11 is 0. The number of aromatic carboxylic acids is 2. The van der Waals surface area contributed by atoms with Gasteiger partial charge in [-0.05, 0) is 25.1 Å². The number of rotatable bonds is 7. The minimum Gasteiger partial charge on any atom is -0.481 e. The summed E-state index contributed by atoms with van der Waals surface area (Å²) in [6.07, 6.45) is 0. The molecule has 0 aromatic heterocycles. The predicted octanol–water partition coefficient (Wildman–Crippen LogP) is 1.63. The van der Waals surface area contributed by atoms with Crippen LogP contribution in [-0.4, -0.2) is 46.3 Å². The van der Waals surface area contributed by atoms with Gasteiger partial charge in [0.1, 0.15) is 0 Å². The SMILES string of the molecule is CCN(CC(C)C(=O)O)c1cc(C(=O)O)cc(C(=O)O)c1. The van der Waals surface area contributed by atoms with E-state index in [9.17, 15) is 14.4 Å². The van der Waals surface area contributed by atoms with Crippen molar-refractivity contribution in [1.82, 2.24) is 0 Å². The Balaban J connectivity index is 3.21. The molecule has 1 aromatic rings. The summed E-state index contributed by atoms with van der Waals surface area (Å²) in [6.45, 7) is 3.90. The van der Waals surface area contributed by atoms with E-state index in [4.69, 9.17) is 15.3 Å². The van der Waals surface area contributed by atoms with Gasteiger partial charge in [0.05, 0.1) is 17.0 Å². The van der Waals surface area contributed by atoms with Crippen LogP contribution in [0.25, 0.3) is 0 Å². The number of anilines is 1. The number of aliphatic carboxylic acids is 1. The van der Waals surface area contributed by atoms with Crippen molar-refractivity contribution in [3.63, 3.8) is 0 Å². The number of hydrogen-bond donors (Lipinski definition) is 3. The van der Waals surface area contributed by atoms with Crippen molar-refractivity contribution >= 4 is 23.6 Å². The molecule has 7 nitrogen and oxygen atoms in total. The van der Waals surface area contributed by atoms with Crippen LogP contribution in [0.4, 0.5) is 5.69 Å². The zero-order chi connectivity index (χ0) is 16.2. The molecule has 0 saturated carbocycles. The first-order valence-corrected chi connectivity index (χ1v) is 6.35. The summed E-state index contributed by atoms with van der Waals surface area (Å²) in [5, 5.41) is 27.0. The number of nitrogens with zero attached hydrogens (tertiary/aromatic N) is 1. The zero-order valence-electron chi connectivity index (χ0n) is 11.7. The van der Waals surface area contributed by atoms with Gasteiger partial charge in [0.25, 0.3) is 0 Å². The van der Waals surface area contributed by atoms with E-state index < -0.39 is 23.8 Å². The third-order valence-corrected chi connectivity index (χ3v) is 3.07. The van der Waals surface area contributed by atoms with E-state index >= 15 is 0 Å². The minimum absolute atomic E-state index is 0.147. The van der Waals surface area contributed by atoms with Crippen molar-refractivity contribution in [3.8, 4) is 0 Å². The van der Waals surface area contributed by atoms with Gasteiger partial charge < -0.3 is 20.2 Å². The molecule has 1 atom stereocenters. The third kappa shape index (κ3) is 4.20. The Morgan fingerprint density at radius 3 is 1.86 bits per heavy atom. The molecule has 114 valence electrons. The van der Waals surface area contributed by atoms with Crippen molar-refractivity contribution < 1.29 is 29.7 Å². The highest BCUT2D eigenvalue weighted by atomic mass is 16.4.